The number of H-pyrrole nitrogens is 1. The Labute approximate surface area is 144 Å². The van der Waals surface area contributed by atoms with Crippen molar-refractivity contribution in [1.82, 2.24) is 20.0 Å². The summed E-state index contributed by atoms with van der Waals surface area (Å²) in [5.74, 6) is 0. The van der Waals surface area contributed by atoms with Crippen molar-refractivity contribution >= 4 is 6.09 Å². The minimum Gasteiger partial charge on any atom is -0.444 e. The zero-order valence-electron chi connectivity index (χ0n) is 15.2. The number of likely N-dealkylation sites (tertiary alicyclic amines) is 1. The molecule has 0 aromatic carbocycles. The van der Waals surface area contributed by atoms with Gasteiger partial charge in [-0.1, -0.05) is 6.42 Å². The van der Waals surface area contributed by atoms with Gasteiger partial charge in [0.05, 0.1) is 18.8 Å². The molecule has 1 aromatic heterocycles. The first kappa shape index (κ1) is 18.7. The Bertz CT molecular complexity index is 512. The summed E-state index contributed by atoms with van der Waals surface area (Å²) in [5.41, 5.74) is 0.623. The highest BCUT2D eigenvalue weighted by Crippen LogP contribution is 2.30. The molecule has 1 aliphatic rings. The van der Waals surface area contributed by atoms with Crippen molar-refractivity contribution in [3.8, 4) is 0 Å². The highest BCUT2D eigenvalue weighted by atomic mass is 16.6. The predicted molar refractivity (Wildman–Crippen MR) is 91.6 cm³/mol. The largest absolute Gasteiger partial charge is 0.444 e. The maximum atomic E-state index is 12.0. The zero-order valence-corrected chi connectivity index (χ0v) is 15.2. The monoisotopic (exact) mass is 338 g/mol. The summed E-state index contributed by atoms with van der Waals surface area (Å²) < 4.78 is 5.32. The molecule has 0 spiro atoms. The molecule has 24 heavy (non-hydrogen) atoms. The second-order valence-corrected chi connectivity index (χ2v) is 7.55. The topological polar surface area (TPSA) is 81.7 Å². The first-order valence-corrected chi connectivity index (χ1v) is 8.61. The van der Waals surface area contributed by atoms with Crippen LogP contribution in [0.15, 0.2) is 12.4 Å². The minimum atomic E-state index is -0.616. The number of hydrogen-bond acceptors (Lipinski definition) is 5. The Morgan fingerprint density at radius 1 is 1.54 bits per heavy atom. The summed E-state index contributed by atoms with van der Waals surface area (Å²) in [5, 5.41) is 17.3. The number of aliphatic hydroxyl groups excluding tert-OH is 1. The number of piperidine rings is 1. The molecule has 1 amide bonds. The lowest BCUT2D eigenvalue weighted by atomic mass is 9.97. The van der Waals surface area contributed by atoms with Gasteiger partial charge in [-0.3, -0.25) is 10.00 Å². The molecule has 1 aromatic rings. The first-order chi connectivity index (χ1) is 11.3. The molecule has 0 bridgehead atoms. The number of aromatic amines is 1. The lowest BCUT2D eigenvalue weighted by Crippen LogP contribution is -2.44. The number of carbonyl (C=O) groups excluding carboxylic acids is 1. The lowest BCUT2D eigenvalue weighted by Gasteiger charge is -2.37. The van der Waals surface area contributed by atoms with Gasteiger partial charge in [-0.05, 0) is 40.2 Å². The number of nitrogens with zero attached hydrogens (tertiary/aromatic N) is 3. The van der Waals surface area contributed by atoms with E-state index in [0.29, 0.717) is 6.54 Å². The Morgan fingerprint density at radius 2 is 2.29 bits per heavy atom. The Hall–Kier alpha value is -1.60. The lowest BCUT2D eigenvalue weighted by molar-refractivity contribution is 0.0115. The van der Waals surface area contributed by atoms with Crippen LogP contribution in [0.5, 0.6) is 0 Å². The Kier molecular flexibility index (Phi) is 6.23. The maximum absolute atomic E-state index is 12.0. The number of β-amino-alcohol motifs (C(OH)–C–C–N with tert-alkyl or cyclic N) is 1. The highest BCUT2D eigenvalue weighted by molar-refractivity contribution is 5.67. The van der Waals surface area contributed by atoms with E-state index >= 15 is 0 Å². The van der Waals surface area contributed by atoms with E-state index in [1.165, 1.54) is 11.3 Å². The molecule has 1 aliphatic heterocycles. The molecular formula is C17H30N4O3. The summed E-state index contributed by atoms with van der Waals surface area (Å²) in [6, 6.07) is 0.277. The summed E-state index contributed by atoms with van der Waals surface area (Å²) >= 11 is 0. The fraction of sp³-hybridized carbons (Fsp3) is 0.765. The zero-order chi connectivity index (χ0) is 17.7. The second-order valence-electron chi connectivity index (χ2n) is 7.55. The van der Waals surface area contributed by atoms with E-state index in [2.05, 4.69) is 15.1 Å². The van der Waals surface area contributed by atoms with Crippen LogP contribution in [-0.4, -0.2) is 69.6 Å². The van der Waals surface area contributed by atoms with Crippen LogP contribution in [0, 0.1) is 0 Å². The first-order valence-electron chi connectivity index (χ1n) is 8.61. The van der Waals surface area contributed by atoms with Crippen molar-refractivity contribution in [2.24, 2.45) is 0 Å². The summed E-state index contributed by atoms with van der Waals surface area (Å²) in [6.45, 7) is 7.23. The van der Waals surface area contributed by atoms with Crippen LogP contribution in [0.3, 0.4) is 0 Å². The van der Waals surface area contributed by atoms with Gasteiger partial charge in [0.2, 0.25) is 0 Å². The number of rotatable bonds is 5. The summed E-state index contributed by atoms with van der Waals surface area (Å²) in [6.07, 6.45) is 6.11. The molecule has 0 unspecified atom stereocenters. The Balaban J connectivity index is 1.88. The third kappa shape index (κ3) is 5.49. The van der Waals surface area contributed by atoms with Gasteiger partial charge in [-0.25, -0.2) is 4.79 Å². The molecule has 2 atom stereocenters. The van der Waals surface area contributed by atoms with E-state index in [4.69, 9.17) is 4.74 Å². The van der Waals surface area contributed by atoms with Gasteiger partial charge in [0.1, 0.15) is 5.60 Å². The van der Waals surface area contributed by atoms with Crippen molar-refractivity contribution < 1.29 is 14.6 Å². The molecule has 0 radical (unpaired) electrons. The fourth-order valence-corrected chi connectivity index (χ4v) is 3.09. The third-order valence-corrected chi connectivity index (χ3v) is 4.15. The van der Waals surface area contributed by atoms with E-state index in [1.54, 1.807) is 7.05 Å². The van der Waals surface area contributed by atoms with Gasteiger partial charge in [0, 0.05) is 31.4 Å². The third-order valence-electron chi connectivity index (χ3n) is 4.15. The van der Waals surface area contributed by atoms with E-state index in [1.807, 2.05) is 33.2 Å². The molecule has 1 saturated heterocycles. The predicted octanol–water partition coefficient (Wildman–Crippen LogP) is 2.16. The average molecular weight is 338 g/mol. The molecule has 7 nitrogen and oxygen atoms in total. The number of aromatic nitrogens is 2. The molecule has 0 aliphatic carbocycles. The number of carbonyl (C=O) groups is 1. The maximum Gasteiger partial charge on any atom is 0.410 e. The molecule has 7 heteroatoms. The molecule has 2 N–H and O–H groups in total. The van der Waals surface area contributed by atoms with Crippen LogP contribution in [0.1, 0.15) is 51.6 Å². The van der Waals surface area contributed by atoms with Crippen LogP contribution in [0.4, 0.5) is 4.79 Å². The number of likely N-dealkylation sites (N-methyl/N-ethyl adjacent to an activating group) is 1. The molecule has 2 rings (SSSR count). The molecule has 0 saturated carbocycles. The van der Waals surface area contributed by atoms with Crippen LogP contribution < -0.4 is 0 Å². The van der Waals surface area contributed by atoms with Gasteiger partial charge in [0.25, 0.3) is 0 Å². The van der Waals surface area contributed by atoms with Crippen LogP contribution >= 0.6 is 0 Å². The van der Waals surface area contributed by atoms with E-state index in [9.17, 15) is 9.90 Å². The minimum absolute atomic E-state index is 0.253. The van der Waals surface area contributed by atoms with Crippen molar-refractivity contribution in [1.29, 1.82) is 0 Å². The van der Waals surface area contributed by atoms with Crippen molar-refractivity contribution in [2.45, 2.75) is 57.8 Å². The van der Waals surface area contributed by atoms with Gasteiger partial charge in [-0.2, -0.15) is 5.10 Å². The van der Waals surface area contributed by atoms with Crippen molar-refractivity contribution in [3.05, 3.63) is 18.0 Å². The smallest absolute Gasteiger partial charge is 0.410 e. The van der Waals surface area contributed by atoms with E-state index in [-0.39, 0.29) is 12.6 Å². The standard InChI is InChI=1S/C17H30N4O3/c1-17(2,3)24-16(23)20(4)11-14(22)12-21-8-6-5-7-15(21)13-9-18-19-10-13/h9-10,14-15,22H,5-8,11-12H2,1-4H3,(H,18,19)/t14-,15-/m0/s1. The van der Waals surface area contributed by atoms with Crippen LogP contribution in [-0.2, 0) is 4.74 Å². The van der Waals surface area contributed by atoms with Gasteiger partial charge in [-0.15, -0.1) is 0 Å². The number of ether oxygens (including phenoxy) is 1. The van der Waals surface area contributed by atoms with Crippen LogP contribution in [0.25, 0.3) is 0 Å². The summed E-state index contributed by atoms with van der Waals surface area (Å²) in [4.78, 5) is 15.7. The SMILES string of the molecule is CN(C[C@H](O)CN1CCCC[C@H]1c1cn[nH]c1)C(=O)OC(C)(C)C. The van der Waals surface area contributed by atoms with Crippen LogP contribution in [0.2, 0.25) is 0 Å². The average Bonchev–Trinajstić information content (AvgIpc) is 2.99. The number of hydrogen-bond donors (Lipinski definition) is 2. The summed E-state index contributed by atoms with van der Waals surface area (Å²) in [7, 11) is 1.65. The van der Waals surface area contributed by atoms with E-state index < -0.39 is 17.8 Å². The Morgan fingerprint density at radius 3 is 2.92 bits per heavy atom. The van der Waals surface area contributed by atoms with Gasteiger partial charge < -0.3 is 14.7 Å². The molecular weight excluding hydrogens is 308 g/mol. The number of amides is 1. The number of nitrogens with one attached hydrogen (secondary N) is 1. The van der Waals surface area contributed by atoms with Crippen molar-refractivity contribution in [3.63, 3.8) is 0 Å². The van der Waals surface area contributed by atoms with Gasteiger partial charge >= 0.3 is 6.09 Å². The quantitative estimate of drug-likeness (QED) is 0.860. The highest BCUT2D eigenvalue weighted by Gasteiger charge is 2.28. The normalized spacial score (nSPS) is 20.6. The molecule has 1 fully saturated rings. The van der Waals surface area contributed by atoms with E-state index in [0.717, 1.165) is 24.9 Å². The second kappa shape index (κ2) is 7.98. The van der Waals surface area contributed by atoms with Gasteiger partial charge in [0.15, 0.2) is 0 Å². The molecule has 2 heterocycles. The number of aliphatic hydroxyl groups is 1. The molecule has 136 valence electrons. The van der Waals surface area contributed by atoms with Crippen molar-refractivity contribution in [2.75, 3.05) is 26.7 Å². The fourth-order valence-electron chi connectivity index (χ4n) is 3.09.